The molecule has 31 heavy (non-hydrogen) atoms. The lowest BCUT2D eigenvalue weighted by atomic mass is 10.1. The van der Waals surface area contributed by atoms with Gasteiger partial charge >= 0.3 is 0 Å². The number of carbonyl (C=O) groups excluding carboxylic acids is 3. The molecule has 0 aliphatic carbocycles. The van der Waals surface area contributed by atoms with E-state index in [1.165, 1.54) is 23.1 Å². The zero-order valence-electron chi connectivity index (χ0n) is 16.8. The molecular formula is C22H20N4O3S2. The van der Waals surface area contributed by atoms with Gasteiger partial charge in [-0.1, -0.05) is 71.1 Å². The fraction of sp³-hybridized carbons (Fsp3) is 0.227. The molecule has 0 unspecified atom stereocenters. The van der Waals surface area contributed by atoms with Crippen molar-refractivity contribution in [2.45, 2.75) is 17.7 Å². The SMILES string of the molecule is Cc1ccc(N2C[C@@H](C(=O)Nc3nnc(SCC(=O)c4ccccc4)s3)CC2=O)cc1. The fourth-order valence-electron chi connectivity index (χ4n) is 3.22. The lowest BCUT2D eigenvalue weighted by Gasteiger charge is -2.16. The molecule has 1 fully saturated rings. The number of benzene rings is 2. The number of thioether (sulfide) groups is 1. The number of ketones is 1. The summed E-state index contributed by atoms with van der Waals surface area (Å²) in [5.74, 6) is -0.525. The molecule has 3 aromatic rings. The maximum Gasteiger partial charge on any atom is 0.231 e. The van der Waals surface area contributed by atoms with Gasteiger partial charge < -0.3 is 10.2 Å². The van der Waals surface area contributed by atoms with E-state index in [-0.39, 0.29) is 29.8 Å². The van der Waals surface area contributed by atoms with Crippen LogP contribution in [0.15, 0.2) is 58.9 Å². The minimum absolute atomic E-state index is 0.00653. The molecule has 1 saturated heterocycles. The average Bonchev–Trinajstić information content (AvgIpc) is 3.39. The van der Waals surface area contributed by atoms with Crippen molar-refractivity contribution >= 4 is 51.5 Å². The lowest BCUT2D eigenvalue weighted by molar-refractivity contribution is -0.122. The summed E-state index contributed by atoms with van der Waals surface area (Å²) in [6.45, 7) is 2.32. The van der Waals surface area contributed by atoms with Gasteiger partial charge in [0.05, 0.1) is 11.7 Å². The molecule has 4 rings (SSSR count). The molecule has 0 bridgehead atoms. The van der Waals surface area contributed by atoms with E-state index in [0.29, 0.717) is 21.6 Å². The fourth-order valence-corrected chi connectivity index (χ4v) is 4.87. The Morgan fingerprint density at radius 3 is 2.61 bits per heavy atom. The van der Waals surface area contributed by atoms with Crippen LogP contribution in [-0.4, -0.2) is 40.1 Å². The van der Waals surface area contributed by atoms with Crippen molar-refractivity contribution in [2.24, 2.45) is 5.92 Å². The van der Waals surface area contributed by atoms with E-state index in [9.17, 15) is 14.4 Å². The average molecular weight is 453 g/mol. The second-order valence-corrected chi connectivity index (χ2v) is 9.38. The number of Topliss-reactive ketones (excluding diaryl/α,β-unsaturated/α-hetero) is 1. The van der Waals surface area contributed by atoms with Crippen molar-refractivity contribution in [2.75, 3.05) is 22.5 Å². The number of aromatic nitrogens is 2. The largest absolute Gasteiger partial charge is 0.312 e. The van der Waals surface area contributed by atoms with Crippen LogP contribution < -0.4 is 10.2 Å². The molecule has 0 radical (unpaired) electrons. The predicted molar refractivity (Wildman–Crippen MR) is 122 cm³/mol. The van der Waals surface area contributed by atoms with Gasteiger partial charge in [-0.2, -0.15) is 0 Å². The zero-order chi connectivity index (χ0) is 21.8. The maximum absolute atomic E-state index is 12.6. The second-order valence-electron chi connectivity index (χ2n) is 7.18. The third kappa shape index (κ3) is 5.18. The van der Waals surface area contributed by atoms with E-state index in [4.69, 9.17) is 0 Å². The van der Waals surface area contributed by atoms with Gasteiger partial charge in [0.15, 0.2) is 10.1 Å². The molecule has 2 amide bonds. The number of aryl methyl sites for hydroxylation is 1. The van der Waals surface area contributed by atoms with Gasteiger partial charge in [-0.15, -0.1) is 10.2 Å². The normalized spacial score (nSPS) is 15.8. The van der Waals surface area contributed by atoms with Crippen molar-refractivity contribution < 1.29 is 14.4 Å². The van der Waals surface area contributed by atoms with Crippen LogP contribution in [-0.2, 0) is 9.59 Å². The van der Waals surface area contributed by atoms with E-state index >= 15 is 0 Å². The highest BCUT2D eigenvalue weighted by molar-refractivity contribution is 8.01. The summed E-state index contributed by atoms with van der Waals surface area (Å²) >= 11 is 2.50. The molecule has 0 saturated carbocycles. The Morgan fingerprint density at radius 2 is 1.87 bits per heavy atom. The van der Waals surface area contributed by atoms with Gasteiger partial charge in [-0.25, -0.2) is 0 Å². The summed E-state index contributed by atoms with van der Waals surface area (Å²) in [5, 5.41) is 11.1. The summed E-state index contributed by atoms with van der Waals surface area (Å²) in [6, 6.07) is 16.7. The maximum atomic E-state index is 12.6. The quantitative estimate of drug-likeness (QED) is 0.333. The summed E-state index contributed by atoms with van der Waals surface area (Å²) < 4.78 is 0.600. The Bertz CT molecular complexity index is 1100. The Labute approximate surface area is 187 Å². The summed E-state index contributed by atoms with van der Waals surface area (Å²) in [5.41, 5.74) is 2.56. The van der Waals surface area contributed by atoms with Crippen molar-refractivity contribution in [1.82, 2.24) is 10.2 Å². The van der Waals surface area contributed by atoms with Gasteiger partial charge in [0, 0.05) is 24.2 Å². The Balaban J connectivity index is 1.31. The molecule has 0 spiro atoms. The Hall–Kier alpha value is -3.04. The molecule has 1 N–H and O–H groups in total. The smallest absolute Gasteiger partial charge is 0.231 e. The Kier molecular flexibility index (Phi) is 6.43. The first-order valence-corrected chi connectivity index (χ1v) is 11.5. The molecule has 2 aromatic carbocycles. The highest BCUT2D eigenvalue weighted by atomic mass is 32.2. The van der Waals surface area contributed by atoms with Gasteiger partial charge in [0.1, 0.15) is 0 Å². The van der Waals surface area contributed by atoms with Crippen LogP contribution in [0.2, 0.25) is 0 Å². The van der Waals surface area contributed by atoms with Gasteiger partial charge in [-0.05, 0) is 19.1 Å². The van der Waals surface area contributed by atoms with E-state index in [2.05, 4.69) is 15.5 Å². The molecule has 2 heterocycles. The monoisotopic (exact) mass is 452 g/mol. The number of hydrogen-bond donors (Lipinski definition) is 1. The highest BCUT2D eigenvalue weighted by Gasteiger charge is 2.35. The van der Waals surface area contributed by atoms with Crippen molar-refractivity contribution in [1.29, 1.82) is 0 Å². The highest BCUT2D eigenvalue weighted by Crippen LogP contribution is 2.29. The Morgan fingerprint density at radius 1 is 1.13 bits per heavy atom. The van der Waals surface area contributed by atoms with Crippen LogP contribution >= 0.6 is 23.1 Å². The van der Waals surface area contributed by atoms with Gasteiger partial charge in [0.2, 0.25) is 16.9 Å². The first-order chi connectivity index (χ1) is 15.0. The molecule has 1 aliphatic rings. The standard InChI is InChI=1S/C22H20N4O3S2/c1-14-7-9-17(10-8-14)26-12-16(11-19(26)28)20(29)23-21-24-25-22(31-21)30-13-18(27)15-5-3-2-4-6-15/h2-10,16H,11-13H2,1H3,(H,23,24,29)/t16-/m0/s1. The number of hydrogen-bond acceptors (Lipinski definition) is 7. The number of nitrogens with zero attached hydrogens (tertiary/aromatic N) is 3. The van der Waals surface area contributed by atoms with Crippen molar-refractivity contribution in [3.05, 3.63) is 65.7 Å². The van der Waals surface area contributed by atoms with Crippen LogP contribution in [0.3, 0.4) is 0 Å². The zero-order valence-corrected chi connectivity index (χ0v) is 18.4. The molecule has 1 atom stereocenters. The van der Waals surface area contributed by atoms with E-state index < -0.39 is 5.92 Å². The van der Waals surface area contributed by atoms with E-state index in [1.807, 2.05) is 49.4 Å². The third-order valence-electron chi connectivity index (χ3n) is 4.90. The second kappa shape index (κ2) is 9.40. The first-order valence-electron chi connectivity index (χ1n) is 9.72. The van der Waals surface area contributed by atoms with Crippen LogP contribution in [0.25, 0.3) is 0 Å². The molecule has 9 heteroatoms. The number of carbonyl (C=O) groups is 3. The predicted octanol–water partition coefficient (Wildman–Crippen LogP) is 3.81. The topological polar surface area (TPSA) is 92.3 Å². The van der Waals surface area contributed by atoms with Crippen LogP contribution in [0.1, 0.15) is 22.3 Å². The number of amides is 2. The first kappa shape index (κ1) is 21.2. The third-order valence-corrected chi connectivity index (χ3v) is 6.87. The summed E-state index contributed by atoms with van der Waals surface area (Å²) in [6.07, 6.45) is 0.158. The molecular weight excluding hydrogens is 432 g/mol. The number of rotatable bonds is 7. The van der Waals surface area contributed by atoms with Crippen molar-refractivity contribution in [3.63, 3.8) is 0 Å². The molecule has 1 aromatic heterocycles. The number of nitrogens with one attached hydrogen (secondary N) is 1. The minimum Gasteiger partial charge on any atom is -0.312 e. The van der Waals surface area contributed by atoms with E-state index in [0.717, 1.165) is 11.3 Å². The summed E-state index contributed by atoms with van der Waals surface area (Å²) in [7, 11) is 0. The summed E-state index contributed by atoms with van der Waals surface area (Å²) in [4.78, 5) is 38.9. The van der Waals surface area contributed by atoms with Crippen molar-refractivity contribution in [3.8, 4) is 0 Å². The van der Waals surface area contributed by atoms with E-state index in [1.54, 1.807) is 17.0 Å². The van der Waals surface area contributed by atoms with Crippen LogP contribution in [0, 0.1) is 12.8 Å². The van der Waals surface area contributed by atoms with Crippen LogP contribution in [0.4, 0.5) is 10.8 Å². The van der Waals surface area contributed by atoms with Gasteiger partial charge in [0.25, 0.3) is 0 Å². The minimum atomic E-state index is -0.450. The molecule has 1 aliphatic heterocycles. The van der Waals surface area contributed by atoms with Crippen LogP contribution in [0.5, 0.6) is 0 Å². The molecule has 158 valence electrons. The van der Waals surface area contributed by atoms with Gasteiger partial charge in [-0.3, -0.25) is 14.4 Å². The number of anilines is 2. The lowest BCUT2D eigenvalue weighted by Crippen LogP contribution is -2.28. The molecule has 7 nitrogen and oxygen atoms in total.